The van der Waals surface area contributed by atoms with E-state index >= 15 is 0 Å². The number of carbonyl (C=O) groups is 2. The van der Waals surface area contributed by atoms with Gasteiger partial charge in [-0.25, -0.2) is 13.4 Å². The number of ether oxygens (including phenoxy) is 1. The molecule has 204 valence electrons. The zero-order valence-electron chi connectivity index (χ0n) is 21.6. The first-order valence-corrected chi connectivity index (χ1v) is 14.4. The van der Waals surface area contributed by atoms with Crippen LogP contribution >= 0.6 is 0 Å². The zero-order valence-corrected chi connectivity index (χ0v) is 22.4. The third kappa shape index (κ3) is 4.84. The Kier molecular flexibility index (Phi) is 6.59. The van der Waals surface area contributed by atoms with Crippen molar-refractivity contribution in [2.45, 2.75) is 43.6 Å². The van der Waals surface area contributed by atoms with Crippen molar-refractivity contribution in [3.8, 4) is 0 Å². The van der Waals surface area contributed by atoms with Crippen LogP contribution < -0.4 is 9.62 Å². The van der Waals surface area contributed by atoms with E-state index < -0.39 is 15.9 Å². The van der Waals surface area contributed by atoms with Crippen LogP contribution in [-0.2, 0) is 24.3 Å². The maximum atomic E-state index is 13.7. The highest BCUT2D eigenvalue weighted by molar-refractivity contribution is 7.92. The summed E-state index contributed by atoms with van der Waals surface area (Å²) in [4.78, 5) is 32.9. The summed E-state index contributed by atoms with van der Waals surface area (Å²) >= 11 is 0. The third-order valence-corrected chi connectivity index (χ3v) is 8.52. The molecule has 1 aromatic heterocycles. The maximum Gasteiger partial charge on any atom is 0.282 e. The van der Waals surface area contributed by atoms with Gasteiger partial charge in [0.25, 0.3) is 15.9 Å². The van der Waals surface area contributed by atoms with Gasteiger partial charge >= 0.3 is 0 Å². The van der Waals surface area contributed by atoms with Gasteiger partial charge < -0.3 is 9.26 Å². The van der Waals surface area contributed by atoms with Gasteiger partial charge in [0, 0.05) is 11.6 Å². The number of anilines is 2. The van der Waals surface area contributed by atoms with E-state index in [1.807, 2.05) is 30.3 Å². The van der Waals surface area contributed by atoms with E-state index in [2.05, 4.69) is 14.9 Å². The summed E-state index contributed by atoms with van der Waals surface area (Å²) in [6.07, 6.45) is 6.44. The lowest BCUT2D eigenvalue weighted by molar-refractivity contribution is -0.126. The number of Topliss-reactive ketones (excluding diaryl/α,β-unsaturated/α-hetero) is 1. The summed E-state index contributed by atoms with van der Waals surface area (Å²) in [6, 6.07) is 16.5. The van der Waals surface area contributed by atoms with E-state index in [-0.39, 0.29) is 34.2 Å². The van der Waals surface area contributed by atoms with Gasteiger partial charge in [0.1, 0.15) is 23.4 Å². The highest BCUT2D eigenvalue weighted by Gasteiger charge is 2.38. The Hall–Kier alpha value is -4.51. The lowest BCUT2D eigenvalue weighted by Gasteiger charge is -2.33. The van der Waals surface area contributed by atoms with Gasteiger partial charge in [-0.3, -0.25) is 19.2 Å². The largest absolute Gasteiger partial charge is 0.497 e. The van der Waals surface area contributed by atoms with Crippen LogP contribution in [0.4, 0.5) is 11.5 Å². The van der Waals surface area contributed by atoms with Crippen molar-refractivity contribution in [2.75, 3.05) is 9.62 Å². The van der Waals surface area contributed by atoms with Crippen molar-refractivity contribution in [2.24, 2.45) is 10.9 Å². The second-order valence-corrected chi connectivity index (χ2v) is 11.6. The van der Waals surface area contributed by atoms with Crippen LogP contribution in [0.25, 0.3) is 0 Å². The average Bonchev–Trinajstić information content (AvgIpc) is 3.52. The average molecular weight is 559 g/mol. The van der Waals surface area contributed by atoms with Crippen molar-refractivity contribution in [1.29, 1.82) is 0 Å². The molecule has 6 rings (SSSR count). The highest BCUT2D eigenvalue weighted by atomic mass is 32.2. The van der Waals surface area contributed by atoms with Crippen LogP contribution in [0, 0.1) is 12.8 Å². The quantitative estimate of drug-likeness (QED) is 0.441. The summed E-state index contributed by atoms with van der Waals surface area (Å²) in [6.45, 7) is 1.65. The molecule has 2 aliphatic heterocycles. The van der Waals surface area contributed by atoms with Crippen molar-refractivity contribution >= 4 is 39.1 Å². The molecule has 0 bridgehead atoms. The SMILES string of the molecule is Cc1cc(NS(=O)(=O)c2ccc(N3C(=O)/C(=C/C4=COC5CCCCC5C4=O)N=C3c3ccccc3)cc2)no1. The Balaban J connectivity index is 1.32. The number of fused-ring (bicyclic) bond motifs is 1. The third-order valence-electron chi connectivity index (χ3n) is 7.15. The summed E-state index contributed by atoms with van der Waals surface area (Å²) in [5.74, 6) is 0.220. The fourth-order valence-electron chi connectivity index (χ4n) is 5.17. The summed E-state index contributed by atoms with van der Waals surface area (Å²) in [5.41, 5.74) is 1.52. The Morgan fingerprint density at radius 1 is 1.02 bits per heavy atom. The minimum Gasteiger partial charge on any atom is -0.497 e. The Morgan fingerprint density at radius 3 is 2.50 bits per heavy atom. The smallest absolute Gasteiger partial charge is 0.282 e. The van der Waals surface area contributed by atoms with Crippen LogP contribution in [0.1, 0.15) is 37.0 Å². The number of amides is 1. The molecule has 0 spiro atoms. The number of aromatic nitrogens is 1. The fourth-order valence-corrected chi connectivity index (χ4v) is 6.15. The van der Waals surface area contributed by atoms with Crippen LogP contribution in [0.3, 0.4) is 0 Å². The van der Waals surface area contributed by atoms with Gasteiger partial charge in [-0.05, 0) is 56.5 Å². The number of amidine groups is 1. The number of aliphatic imine (C=N–C) groups is 1. The van der Waals surface area contributed by atoms with Gasteiger partial charge in [0.15, 0.2) is 11.6 Å². The lowest BCUT2D eigenvalue weighted by atomic mass is 9.80. The molecule has 1 fully saturated rings. The molecule has 1 saturated carbocycles. The number of nitrogens with one attached hydrogen (secondary N) is 1. The Morgan fingerprint density at radius 2 is 1.77 bits per heavy atom. The minimum absolute atomic E-state index is 0.0188. The number of ketones is 1. The van der Waals surface area contributed by atoms with E-state index in [1.165, 1.54) is 47.6 Å². The van der Waals surface area contributed by atoms with Gasteiger partial charge in [-0.15, -0.1) is 0 Å². The predicted molar refractivity (Wildman–Crippen MR) is 147 cm³/mol. The van der Waals surface area contributed by atoms with Gasteiger partial charge in [0.2, 0.25) is 0 Å². The molecule has 40 heavy (non-hydrogen) atoms. The molecule has 3 aliphatic rings. The standard InChI is InChI=1S/C29H26N4O6S/c1-18-15-26(31-39-18)32-40(36,37)22-13-11-21(12-14-22)33-28(19-7-3-2-4-8-19)30-24(29(33)35)16-20-17-38-25-10-6-5-9-23(25)27(20)34/h2-4,7-8,11-17,23,25H,5-6,9-10H2,1H3,(H,31,32)/b24-16-. The van der Waals surface area contributed by atoms with Crippen molar-refractivity contribution < 1.29 is 27.3 Å². The predicted octanol–water partition coefficient (Wildman–Crippen LogP) is 4.50. The number of allylic oxidation sites excluding steroid dienone is 2. The monoisotopic (exact) mass is 558 g/mol. The Bertz CT molecular complexity index is 1670. The molecular formula is C29H26N4O6S. The minimum atomic E-state index is -3.94. The first-order valence-electron chi connectivity index (χ1n) is 13.0. The molecule has 0 radical (unpaired) electrons. The lowest BCUT2D eigenvalue weighted by Crippen LogP contribution is -2.36. The maximum absolute atomic E-state index is 13.7. The van der Waals surface area contributed by atoms with Crippen molar-refractivity contribution in [3.05, 3.63) is 95.6 Å². The van der Waals surface area contributed by atoms with Crippen LogP contribution in [-0.4, -0.2) is 37.2 Å². The number of nitrogens with zero attached hydrogens (tertiary/aromatic N) is 3. The summed E-state index contributed by atoms with van der Waals surface area (Å²) in [7, 11) is -3.94. The molecule has 2 aromatic carbocycles. The number of sulfonamides is 1. The van der Waals surface area contributed by atoms with E-state index in [4.69, 9.17) is 9.26 Å². The normalized spacial score (nSPS) is 22.0. The van der Waals surface area contributed by atoms with Crippen LogP contribution in [0.2, 0.25) is 0 Å². The van der Waals surface area contributed by atoms with E-state index in [0.717, 1.165) is 25.7 Å². The number of aryl methyl sites for hydroxylation is 1. The molecule has 10 nitrogen and oxygen atoms in total. The van der Waals surface area contributed by atoms with E-state index in [9.17, 15) is 18.0 Å². The van der Waals surface area contributed by atoms with E-state index in [1.54, 1.807) is 6.92 Å². The first-order chi connectivity index (χ1) is 19.3. The second-order valence-electron chi connectivity index (χ2n) is 9.90. The fraction of sp³-hybridized carbons (Fsp3) is 0.241. The topological polar surface area (TPSA) is 131 Å². The van der Waals surface area contributed by atoms with Gasteiger partial charge in [-0.2, -0.15) is 0 Å². The number of hydrogen-bond acceptors (Lipinski definition) is 8. The van der Waals surface area contributed by atoms with Gasteiger partial charge in [0.05, 0.1) is 28.3 Å². The molecule has 1 N–H and O–H groups in total. The molecule has 0 saturated heterocycles. The zero-order chi connectivity index (χ0) is 27.9. The number of benzene rings is 2. The highest BCUT2D eigenvalue weighted by Crippen LogP contribution is 2.35. The number of hydrogen-bond donors (Lipinski definition) is 1. The van der Waals surface area contributed by atoms with Crippen molar-refractivity contribution in [3.63, 3.8) is 0 Å². The second kappa shape index (κ2) is 10.2. The number of carbonyl (C=O) groups excluding carboxylic acids is 2. The first kappa shape index (κ1) is 25.8. The number of rotatable bonds is 6. The van der Waals surface area contributed by atoms with Crippen molar-refractivity contribution in [1.82, 2.24) is 5.16 Å². The van der Waals surface area contributed by atoms with Crippen LogP contribution in [0.15, 0.2) is 98.7 Å². The molecule has 11 heteroatoms. The van der Waals surface area contributed by atoms with E-state index in [0.29, 0.717) is 28.4 Å². The molecule has 1 amide bonds. The summed E-state index contributed by atoms with van der Waals surface area (Å²) in [5, 5.41) is 3.67. The molecule has 3 aromatic rings. The van der Waals surface area contributed by atoms with Gasteiger partial charge in [-0.1, -0.05) is 41.9 Å². The molecule has 1 aliphatic carbocycles. The molecule has 2 unspecified atom stereocenters. The molecule has 3 heterocycles. The molecule has 2 atom stereocenters. The summed E-state index contributed by atoms with van der Waals surface area (Å²) < 4.78 is 38.8. The Labute approximate surface area is 231 Å². The van der Waals surface area contributed by atoms with Crippen LogP contribution in [0.5, 0.6) is 0 Å². The molecular weight excluding hydrogens is 532 g/mol.